The fourth-order valence-corrected chi connectivity index (χ4v) is 1.96. The molecule has 0 atom stereocenters. The fourth-order valence-electron chi connectivity index (χ4n) is 1.96. The van der Waals surface area contributed by atoms with Crippen LogP contribution in [0.1, 0.15) is 11.1 Å². The van der Waals surface area contributed by atoms with Gasteiger partial charge < -0.3 is 11.1 Å². The Hall–Kier alpha value is -1.39. The molecule has 0 bridgehead atoms. The standard InChI is InChI=1S/C13H19N3O/c1-9-3-4-12(5-10(9)2)15-13(17)8-16-6-11(14)7-16/h3-5,11H,6-8,14H2,1-2H3,(H,15,17). The van der Waals surface area contributed by atoms with Crippen molar-refractivity contribution in [2.75, 3.05) is 25.0 Å². The van der Waals surface area contributed by atoms with Gasteiger partial charge in [-0.3, -0.25) is 9.69 Å². The second kappa shape index (κ2) is 4.85. The van der Waals surface area contributed by atoms with Crippen LogP contribution in [0, 0.1) is 13.8 Å². The Labute approximate surface area is 102 Å². The molecule has 3 N–H and O–H groups in total. The van der Waals surface area contributed by atoms with Gasteiger partial charge in [0.1, 0.15) is 0 Å². The summed E-state index contributed by atoms with van der Waals surface area (Å²) < 4.78 is 0. The first-order valence-electron chi connectivity index (χ1n) is 5.89. The molecule has 0 unspecified atom stereocenters. The van der Waals surface area contributed by atoms with E-state index in [9.17, 15) is 4.79 Å². The Bertz CT molecular complexity index is 425. The Morgan fingerprint density at radius 3 is 2.71 bits per heavy atom. The molecule has 1 aromatic carbocycles. The van der Waals surface area contributed by atoms with Crippen LogP contribution >= 0.6 is 0 Å². The smallest absolute Gasteiger partial charge is 0.238 e. The molecule has 17 heavy (non-hydrogen) atoms. The molecule has 1 saturated heterocycles. The van der Waals surface area contributed by atoms with Gasteiger partial charge in [-0.2, -0.15) is 0 Å². The number of rotatable bonds is 3. The Morgan fingerprint density at radius 2 is 2.12 bits per heavy atom. The molecule has 1 aromatic rings. The second-order valence-corrected chi connectivity index (χ2v) is 4.80. The molecule has 1 aliphatic rings. The molecule has 1 amide bonds. The summed E-state index contributed by atoms with van der Waals surface area (Å²) in [6.07, 6.45) is 0. The summed E-state index contributed by atoms with van der Waals surface area (Å²) >= 11 is 0. The molecule has 92 valence electrons. The highest BCUT2D eigenvalue weighted by atomic mass is 16.2. The van der Waals surface area contributed by atoms with Crippen LogP contribution in [0.2, 0.25) is 0 Å². The minimum Gasteiger partial charge on any atom is -0.325 e. The maximum absolute atomic E-state index is 11.7. The number of nitrogens with zero attached hydrogens (tertiary/aromatic N) is 1. The molecule has 1 fully saturated rings. The average Bonchev–Trinajstić information content (AvgIpc) is 2.21. The molecular formula is C13H19N3O. The molecule has 1 heterocycles. The normalized spacial score (nSPS) is 16.6. The van der Waals surface area contributed by atoms with Crippen molar-refractivity contribution in [2.24, 2.45) is 5.73 Å². The number of carbonyl (C=O) groups excluding carboxylic acids is 1. The molecule has 0 spiro atoms. The molecule has 0 radical (unpaired) electrons. The number of nitrogens with two attached hydrogens (primary N) is 1. The maximum atomic E-state index is 11.7. The van der Waals surface area contributed by atoms with Crippen LogP contribution in [0.3, 0.4) is 0 Å². The van der Waals surface area contributed by atoms with Crippen LogP contribution < -0.4 is 11.1 Å². The van der Waals surface area contributed by atoms with Crippen LogP contribution in [0.15, 0.2) is 18.2 Å². The van der Waals surface area contributed by atoms with Crippen LogP contribution in [-0.2, 0) is 4.79 Å². The van der Waals surface area contributed by atoms with Gasteiger partial charge in [0.2, 0.25) is 5.91 Å². The quantitative estimate of drug-likeness (QED) is 0.815. The average molecular weight is 233 g/mol. The lowest BCUT2D eigenvalue weighted by Crippen LogP contribution is -2.57. The van der Waals surface area contributed by atoms with E-state index in [1.807, 2.05) is 30.0 Å². The van der Waals surface area contributed by atoms with Gasteiger partial charge >= 0.3 is 0 Å². The van der Waals surface area contributed by atoms with Crippen molar-refractivity contribution in [3.05, 3.63) is 29.3 Å². The van der Waals surface area contributed by atoms with Gasteiger partial charge in [0, 0.05) is 24.8 Å². The molecule has 1 aliphatic heterocycles. The first kappa shape index (κ1) is 12.1. The van der Waals surface area contributed by atoms with E-state index in [1.165, 1.54) is 11.1 Å². The third-order valence-electron chi connectivity index (χ3n) is 3.14. The van der Waals surface area contributed by atoms with Crippen LogP contribution in [0.4, 0.5) is 5.69 Å². The van der Waals surface area contributed by atoms with Gasteiger partial charge in [-0.15, -0.1) is 0 Å². The molecule has 4 nitrogen and oxygen atoms in total. The number of anilines is 1. The van der Waals surface area contributed by atoms with E-state index in [4.69, 9.17) is 5.73 Å². The highest BCUT2D eigenvalue weighted by molar-refractivity contribution is 5.92. The number of carbonyl (C=O) groups is 1. The van der Waals surface area contributed by atoms with Gasteiger partial charge in [0.05, 0.1) is 6.54 Å². The van der Waals surface area contributed by atoms with E-state index in [1.54, 1.807) is 0 Å². The Morgan fingerprint density at radius 1 is 1.41 bits per heavy atom. The van der Waals surface area contributed by atoms with E-state index >= 15 is 0 Å². The zero-order valence-electron chi connectivity index (χ0n) is 10.4. The summed E-state index contributed by atoms with van der Waals surface area (Å²) in [5, 5.41) is 2.90. The number of amides is 1. The van der Waals surface area contributed by atoms with Crippen molar-refractivity contribution in [1.82, 2.24) is 4.90 Å². The lowest BCUT2D eigenvalue weighted by Gasteiger charge is -2.36. The van der Waals surface area contributed by atoms with Crippen molar-refractivity contribution >= 4 is 11.6 Å². The lowest BCUT2D eigenvalue weighted by atomic mass is 10.1. The monoisotopic (exact) mass is 233 g/mol. The zero-order chi connectivity index (χ0) is 12.4. The van der Waals surface area contributed by atoms with E-state index in [-0.39, 0.29) is 11.9 Å². The van der Waals surface area contributed by atoms with Gasteiger partial charge in [0.15, 0.2) is 0 Å². The SMILES string of the molecule is Cc1ccc(NC(=O)CN2CC(N)C2)cc1C. The molecule has 0 aromatic heterocycles. The molecule has 4 heteroatoms. The Kier molecular flexibility index (Phi) is 3.45. The first-order valence-corrected chi connectivity index (χ1v) is 5.89. The summed E-state index contributed by atoms with van der Waals surface area (Å²) in [5.74, 6) is 0.0279. The van der Waals surface area contributed by atoms with Crippen molar-refractivity contribution < 1.29 is 4.79 Å². The largest absolute Gasteiger partial charge is 0.325 e. The third kappa shape index (κ3) is 3.05. The Balaban J connectivity index is 1.87. The van der Waals surface area contributed by atoms with Gasteiger partial charge in [-0.05, 0) is 37.1 Å². The molecule has 0 saturated carbocycles. The van der Waals surface area contributed by atoms with E-state index in [2.05, 4.69) is 12.2 Å². The third-order valence-corrected chi connectivity index (χ3v) is 3.14. The van der Waals surface area contributed by atoms with Crippen molar-refractivity contribution in [3.8, 4) is 0 Å². The summed E-state index contributed by atoms with van der Waals surface area (Å²) in [4.78, 5) is 13.8. The fraction of sp³-hybridized carbons (Fsp3) is 0.462. The molecule has 2 rings (SSSR count). The van der Waals surface area contributed by atoms with Gasteiger partial charge in [-0.1, -0.05) is 6.07 Å². The van der Waals surface area contributed by atoms with Crippen molar-refractivity contribution in [2.45, 2.75) is 19.9 Å². The summed E-state index contributed by atoms with van der Waals surface area (Å²) in [6.45, 7) is 6.17. The number of hydrogen-bond donors (Lipinski definition) is 2. The van der Waals surface area contributed by atoms with Crippen LogP contribution in [0.5, 0.6) is 0 Å². The van der Waals surface area contributed by atoms with Crippen molar-refractivity contribution in [3.63, 3.8) is 0 Å². The van der Waals surface area contributed by atoms with E-state index in [0.29, 0.717) is 6.54 Å². The number of benzene rings is 1. The lowest BCUT2D eigenvalue weighted by molar-refractivity contribution is -0.118. The van der Waals surface area contributed by atoms with Crippen LogP contribution in [-0.4, -0.2) is 36.5 Å². The predicted molar refractivity (Wildman–Crippen MR) is 69.0 cm³/mol. The maximum Gasteiger partial charge on any atom is 0.238 e. The van der Waals surface area contributed by atoms with Gasteiger partial charge in [-0.25, -0.2) is 0 Å². The molecule has 0 aliphatic carbocycles. The molecular weight excluding hydrogens is 214 g/mol. The number of aryl methyl sites for hydroxylation is 2. The predicted octanol–water partition coefficient (Wildman–Crippen LogP) is 0.885. The summed E-state index contributed by atoms with van der Waals surface area (Å²) in [6, 6.07) is 6.19. The number of likely N-dealkylation sites (tertiary alicyclic amines) is 1. The van der Waals surface area contributed by atoms with Crippen molar-refractivity contribution in [1.29, 1.82) is 0 Å². The summed E-state index contributed by atoms with van der Waals surface area (Å²) in [7, 11) is 0. The first-order chi connectivity index (χ1) is 8.04. The van der Waals surface area contributed by atoms with Gasteiger partial charge in [0.25, 0.3) is 0 Å². The topological polar surface area (TPSA) is 58.4 Å². The highest BCUT2D eigenvalue weighted by Gasteiger charge is 2.24. The minimum atomic E-state index is 0.0279. The summed E-state index contributed by atoms with van der Waals surface area (Å²) in [5.41, 5.74) is 8.95. The zero-order valence-corrected chi connectivity index (χ0v) is 10.4. The highest BCUT2D eigenvalue weighted by Crippen LogP contribution is 2.14. The van der Waals surface area contributed by atoms with Crippen LogP contribution in [0.25, 0.3) is 0 Å². The van der Waals surface area contributed by atoms with E-state index in [0.717, 1.165) is 18.8 Å². The number of hydrogen-bond acceptors (Lipinski definition) is 3. The van der Waals surface area contributed by atoms with E-state index < -0.39 is 0 Å². The second-order valence-electron chi connectivity index (χ2n) is 4.80. The minimum absolute atomic E-state index is 0.0279. The number of nitrogens with one attached hydrogen (secondary N) is 1.